The van der Waals surface area contributed by atoms with Crippen LogP contribution >= 0.6 is 0 Å². The number of rotatable bonds is 1. The first-order chi connectivity index (χ1) is 6.31. The second kappa shape index (κ2) is 3.46. The van der Waals surface area contributed by atoms with Crippen molar-refractivity contribution in [1.29, 1.82) is 0 Å². The van der Waals surface area contributed by atoms with E-state index in [1.807, 2.05) is 18.5 Å². The largest absolute Gasteiger partial charge is 0.308 e. The van der Waals surface area contributed by atoms with Crippen LogP contribution < -0.4 is 5.32 Å². The van der Waals surface area contributed by atoms with Crippen LogP contribution in [0.15, 0.2) is 24.5 Å². The standard InChI is InChI=1S/C11H16N2/c1-11(6-2-3-8-13-11)10-5-4-7-12-9-10/h4-5,7,9,13H,2-3,6,8H2,1H3. The summed E-state index contributed by atoms with van der Waals surface area (Å²) in [7, 11) is 0. The van der Waals surface area contributed by atoms with Crippen molar-refractivity contribution < 1.29 is 0 Å². The minimum atomic E-state index is 0.159. The van der Waals surface area contributed by atoms with Gasteiger partial charge in [0.1, 0.15) is 0 Å². The van der Waals surface area contributed by atoms with Gasteiger partial charge in [-0.1, -0.05) is 12.5 Å². The maximum atomic E-state index is 4.17. The highest BCUT2D eigenvalue weighted by atomic mass is 15.0. The lowest BCUT2D eigenvalue weighted by Crippen LogP contribution is -2.43. The summed E-state index contributed by atoms with van der Waals surface area (Å²) in [5.74, 6) is 0. The summed E-state index contributed by atoms with van der Waals surface area (Å²) in [6, 6.07) is 4.17. The Kier molecular flexibility index (Phi) is 2.32. The average Bonchev–Trinajstić information content (AvgIpc) is 2.20. The Hall–Kier alpha value is -0.890. The Balaban J connectivity index is 2.23. The molecule has 1 atom stereocenters. The molecule has 0 saturated carbocycles. The van der Waals surface area contributed by atoms with E-state index >= 15 is 0 Å². The molecule has 0 aliphatic carbocycles. The maximum absolute atomic E-state index is 4.17. The van der Waals surface area contributed by atoms with E-state index in [1.165, 1.54) is 24.8 Å². The first-order valence-electron chi connectivity index (χ1n) is 4.97. The van der Waals surface area contributed by atoms with Gasteiger partial charge in [-0.2, -0.15) is 0 Å². The fourth-order valence-corrected chi connectivity index (χ4v) is 1.99. The van der Waals surface area contributed by atoms with Crippen LogP contribution in [0.2, 0.25) is 0 Å². The van der Waals surface area contributed by atoms with Crippen molar-refractivity contribution in [3.8, 4) is 0 Å². The van der Waals surface area contributed by atoms with Crippen molar-refractivity contribution >= 4 is 0 Å². The number of piperidine rings is 1. The van der Waals surface area contributed by atoms with Crippen molar-refractivity contribution in [1.82, 2.24) is 10.3 Å². The topological polar surface area (TPSA) is 24.9 Å². The molecule has 2 heterocycles. The summed E-state index contributed by atoms with van der Waals surface area (Å²) in [5, 5.41) is 3.57. The Morgan fingerprint density at radius 2 is 2.38 bits per heavy atom. The monoisotopic (exact) mass is 176 g/mol. The first kappa shape index (κ1) is 8.70. The molecule has 0 amide bonds. The van der Waals surface area contributed by atoms with Crippen LogP contribution in [-0.4, -0.2) is 11.5 Å². The molecule has 13 heavy (non-hydrogen) atoms. The summed E-state index contributed by atoms with van der Waals surface area (Å²) < 4.78 is 0. The molecule has 1 aliphatic heterocycles. The number of nitrogens with one attached hydrogen (secondary N) is 1. The molecule has 1 N–H and O–H groups in total. The minimum Gasteiger partial charge on any atom is -0.308 e. The number of aromatic nitrogens is 1. The maximum Gasteiger partial charge on any atom is 0.0421 e. The van der Waals surface area contributed by atoms with Gasteiger partial charge in [0.25, 0.3) is 0 Å². The number of pyridine rings is 1. The predicted molar refractivity (Wildman–Crippen MR) is 53.4 cm³/mol. The van der Waals surface area contributed by atoms with Gasteiger partial charge in [-0.05, 0) is 37.9 Å². The van der Waals surface area contributed by atoms with E-state index in [0.29, 0.717) is 0 Å². The van der Waals surface area contributed by atoms with Crippen molar-refractivity contribution in [3.05, 3.63) is 30.1 Å². The van der Waals surface area contributed by atoms with Crippen molar-refractivity contribution in [2.24, 2.45) is 0 Å². The van der Waals surface area contributed by atoms with Gasteiger partial charge >= 0.3 is 0 Å². The third-order valence-corrected chi connectivity index (χ3v) is 2.92. The molecule has 2 nitrogen and oxygen atoms in total. The zero-order valence-electron chi connectivity index (χ0n) is 8.09. The lowest BCUT2D eigenvalue weighted by molar-refractivity contribution is 0.283. The van der Waals surface area contributed by atoms with Crippen LogP contribution in [0, 0.1) is 0 Å². The molecule has 1 fully saturated rings. The summed E-state index contributed by atoms with van der Waals surface area (Å²) in [6.07, 6.45) is 7.64. The van der Waals surface area contributed by atoms with Gasteiger partial charge < -0.3 is 5.32 Å². The van der Waals surface area contributed by atoms with Gasteiger partial charge in [-0.15, -0.1) is 0 Å². The van der Waals surface area contributed by atoms with E-state index in [0.717, 1.165) is 6.54 Å². The van der Waals surface area contributed by atoms with E-state index < -0.39 is 0 Å². The lowest BCUT2D eigenvalue weighted by Gasteiger charge is -2.35. The SMILES string of the molecule is CC1(c2cccnc2)CCCCN1. The Labute approximate surface area is 79.4 Å². The molecule has 2 heteroatoms. The molecule has 1 saturated heterocycles. The van der Waals surface area contributed by atoms with E-state index in [1.54, 1.807) is 0 Å². The van der Waals surface area contributed by atoms with Gasteiger partial charge in [-0.3, -0.25) is 4.98 Å². The number of hydrogen-bond acceptors (Lipinski definition) is 2. The zero-order valence-corrected chi connectivity index (χ0v) is 8.09. The van der Waals surface area contributed by atoms with Crippen LogP contribution in [0.1, 0.15) is 31.7 Å². The summed E-state index contributed by atoms with van der Waals surface area (Å²) >= 11 is 0. The second-order valence-electron chi connectivity index (χ2n) is 3.96. The summed E-state index contributed by atoms with van der Waals surface area (Å²) in [5.41, 5.74) is 1.47. The lowest BCUT2D eigenvalue weighted by atomic mass is 9.85. The highest BCUT2D eigenvalue weighted by molar-refractivity contribution is 5.20. The van der Waals surface area contributed by atoms with E-state index in [4.69, 9.17) is 0 Å². The molecule has 1 aromatic heterocycles. The van der Waals surface area contributed by atoms with Crippen LogP contribution in [0.5, 0.6) is 0 Å². The van der Waals surface area contributed by atoms with Crippen LogP contribution in [0.25, 0.3) is 0 Å². The second-order valence-corrected chi connectivity index (χ2v) is 3.96. The molecular weight excluding hydrogens is 160 g/mol. The van der Waals surface area contributed by atoms with E-state index in [-0.39, 0.29) is 5.54 Å². The van der Waals surface area contributed by atoms with Crippen LogP contribution in [0.4, 0.5) is 0 Å². The quantitative estimate of drug-likeness (QED) is 0.708. The fraction of sp³-hybridized carbons (Fsp3) is 0.545. The van der Waals surface area contributed by atoms with E-state index in [2.05, 4.69) is 23.3 Å². The molecule has 0 radical (unpaired) electrons. The fourth-order valence-electron chi connectivity index (χ4n) is 1.99. The van der Waals surface area contributed by atoms with Crippen molar-refractivity contribution in [2.75, 3.05) is 6.54 Å². The number of nitrogens with zero attached hydrogens (tertiary/aromatic N) is 1. The molecular formula is C11H16N2. The van der Waals surface area contributed by atoms with Gasteiger partial charge in [0.15, 0.2) is 0 Å². The van der Waals surface area contributed by atoms with Gasteiger partial charge in [0.2, 0.25) is 0 Å². The third-order valence-electron chi connectivity index (χ3n) is 2.92. The smallest absolute Gasteiger partial charge is 0.0421 e. The van der Waals surface area contributed by atoms with Crippen LogP contribution in [0.3, 0.4) is 0 Å². The van der Waals surface area contributed by atoms with E-state index in [9.17, 15) is 0 Å². The summed E-state index contributed by atoms with van der Waals surface area (Å²) in [6.45, 7) is 3.40. The normalized spacial score (nSPS) is 28.7. The molecule has 1 aliphatic rings. The molecule has 0 spiro atoms. The van der Waals surface area contributed by atoms with Gasteiger partial charge in [0, 0.05) is 17.9 Å². The minimum absolute atomic E-state index is 0.159. The molecule has 2 rings (SSSR count). The highest BCUT2D eigenvalue weighted by Gasteiger charge is 2.27. The van der Waals surface area contributed by atoms with Gasteiger partial charge in [-0.25, -0.2) is 0 Å². The zero-order chi connectivity index (χ0) is 9.15. The molecule has 0 bridgehead atoms. The number of hydrogen-bond donors (Lipinski definition) is 1. The Morgan fingerprint density at radius 1 is 1.46 bits per heavy atom. The molecule has 1 unspecified atom stereocenters. The Morgan fingerprint density at radius 3 is 3.00 bits per heavy atom. The van der Waals surface area contributed by atoms with Crippen LogP contribution in [-0.2, 0) is 5.54 Å². The van der Waals surface area contributed by atoms with Crippen molar-refractivity contribution in [2.45, 2.75) is 31.7 Å². The average molecular weight is 176 g/mol. The molecule has 1 aromatic rings. The molecule has 70 valence electrons. The first-order valence-corrected chi connectivity index (χ1v) is 4.97. The molecule has 0 aromatic carbocycles. The van der Waals surface area contributed by atoms with Gasteiger partial charge in [0.05, 0.1) is 0 Å². The highest BCUT2D eigenvalue weighted by Crippen LogP contribution is 2.28. The third kappa shape index (κ3) is 1.73. The predicted octanol–water partition coefficient (Wildman–Crippen LogP) is 2.07. The van der Waals surface area contributed by atoms with Crippen molar-refractivity contribution in [3.63, 3.8) is 0 Å². The Bertz CT molecular complexity index is 263. The summed E-state index contributed by atoms with van der Waals surface area (Å²) in [4.78, 5) is 4.17.